The van der Waals surface area contributed by atoms with Gasteiger partial charge in [0.15, 0.2) is 0 Å². The van der Waals surface area contributed by atoms with E-state index in [-0.39, 0.29) is 16.7 Å². The van der Waals surface area contributed by atoms with Gasteiger partial charge in [0, 0.05) is 30.9 Å². The molecule has 1 aliphatic heterocycles. The number of hydrogen-bond acceptors (Lipinski definition) is 3. The molecule has 2 amide bonds. The second-order valence-corrected chi connectivity index (χ2v) is 7.61. The number of piperidine rings is 1. The summed E-state index contributed by atoms with van der Waals surface area (Å²) in [6, 6.07) is 0.553. The maximum absolute atomic E-state index is 11.6. The molecule has 116 valence electrons. The summed E-state index contributed by atoms with van der Waals surface area (Å²) in [7, 11) is 2.11. The smallest absolute Gasteiger partial charge is 0.315 e. The van der Waals surface area contributed by atoms with E-state index in [1.807, 2.05) is 11.9 Å². The zero-order valence-corrected chi connectivity index (χ0v) is 13.3. The molecule has 3 N–H and O–H groups in total. The van der Waals surface area contributed by atoms with E-state index in [2.05, 4.69) is 15.5 Å². The van der Waals surface area contributed by atoms with Gasteiger partial charge in [0.1, 0.15) is 0 Å². The Labute approximate surface area is 124 Å². The van der Waals surface area contributed by atoms with Gasteiger partial charge < -0.3 is 16.0 Å². The Kier molecular flexibility index (Phi) is 5.86. The van der Waals surface area contributed by atoms with E-state index in [1.165, 1.54) is 6.42 Å². The molecule has 1 saturated carbocycles. The third kappa shape index (κ3) is 4.20. The van der Waals surface area contributed by atoms with Crippen molar-refractivity contribution in [3.63, 3.8) is 0 Å². The van der Waals surface area contributed by atoms with E-state index in [0.717, 1.165) is 51.1 Å². The highest BCUT2D eigenvalue weighted by atomic mass is 32.2. The number of carbonyl (C=O) groups excluding carboxylic acids is 1. The fraction of sp³-hybridized carbons (Fsp3) is 0.857. The minimum atomic E-state index is -0.228. The fourth-order valence-corrected chi connectivity index (χ4v) is 4.40. The van der Waals surface area contributed by atoms with Gasteiger partial charge >= 0.3 is 6.03 Å². The van der Waals surface area contributed by atoms with Crippen LogP contribution in [0.15, 0.2) is 0 Å². The predicted molar refractivity (Wildman–Crippen MR) is 87.2 cm³/mol. The van der Waals surface area contributed by atoms with Crippen LogP contribution in [-0.2, 0) is 0 Å². The van der Waals surface area contributed by atoms with Crippen molar-refractivity contribution in [1.29, 1.82) is 0 Å². The topological polar surface area (TPSA) is 61.6 Å². The average Bonchev–Trinajstić information content (AvgIpc) is 3.24. The van der Waals surface area contributed by atoms with Crippen LogP contribution in [-0.4, -0.2) is 65.6 Å². The van der Waals surface area contributed by atoms with Gasteiger partial charge in [0.2, 0.25) is 0 Å². The van der Waals surface area contributed by atoms with Crippen LogP contribution >= 0.6 is 10.7 Å². The van der Waals surface area contributed by atoms with E-state index >= 15 is 0 Å². The van der Waals surface area contributed by atoms with E-state index < -0.39 is 0 Å². The molecule has 0 spiro atoms. The van der Waals surface area contributed by atoms with Gasteiger partial charge in [-0.25, -0.2) is 4.79 Å². The Morgan fingerprint density at radius 2 is 1.95 bits per heavy atom. The van der Waals surface area contributed by atoms with Crippen LogP contribution in [0.4, 0.5) is 4.79 Å². The highest BCUT2D eigenvalue weighted by Crippen LogP contribution is 2.33. The average molecular weight is 300 g/mol. The fourth-order valence-electron chi connectivity index (χ4n) is 2.93. The zero-order valence-electron chi connectivity index (χ0n) is 12.5. The molecule has 0 aromatic rings. The van der Waals surface area contributed by atoms with Gasteiger partial charge in [0.25, 0.3) is 0 Å². The number of nitrogens with one attached hydrogen (secondary N) is 1. The number of nitrogens with two attached hydrogens (primary N) is 1. The standard InChI is InChI=1S/C14H28N4OS/c1-16-8-3-11-20(2)17-9-6-13(7-10-17)18(14(15)19)12-4-5-12/h12-13,16H,2-11H2,1H3,(H2,15,19). The number of hydrogen-bond donors (Lipinski definition) is 2. The summed E-state index contributed by atoms with van der Waals surface area (Å²) in [6.07, 6.45) is 5.53. The summed E-state index contributed by atoms with van der Waals surface area (Å²) in [5, 5.41) is 3.18. The zero-order chi connectivity index (χ0) is 14.5. The highest BCUT2D eigenvalue weighted by Gasteiger charge is 2.37. The molecular weight excluding hydrogens is 272 g/mol. The highest BCUT2D eigenvalue weighted by molar-refractivity contribution is 8.12. The molecule has 0 aromatic heterocycles. The Balaban J connectivity index is 1.76. The number of amides is 2. The quantitative estimate of drug-likeness (QED) is 0.549. The van der Waals surface area contributed by atoms with Crippen molar-refractivity contribution in [3.05, 3.63) is 0 Å². The lowest BCUT2D eigenvalue weighted by Gasteiger charge is -2.38. The maximum Gasteiger partial charge on any atom is 0.315 e. The lowest BCUT2D eigenvalue weighted by molar-refractivity contribution is 0.150. The molecule has 2 aliphatic rings. The van der Waals surface area contributed by atoms with Crippen LogP contribution in [0.3, 0.4) is 0 Å². The Bertz CT molecular complexity index is 351. The number of primary amides is 1. The van der Waals surface area contributed by atoms with E-state index in [1.54, 1.807) is 0 Å². The van der Waals surface area contributed by atoms with Crippen LogP contribution in [0.5, 0.6) is 0 Å². The van der Waals surface area contributed by atoms with E-state index in [0.29, 0.717) is 12.1 Å². The van der Waals surface area contributed by atoms with Gasteiger partial charge in [-0.15, -0.1) is 10.7 Å². The molecule has 1 aliphatic carbocycles. The normalized spacial score (nSPS) is 22.6. The first-order chi connectivity index (χ1) is 9.63. The first-order valence-electron chi connectivity index (χ1n) is 7.61. The molecule has 1 atom stereocenters. The summed E-state index contributed by atoms with van der Waals surface area (Å²) < 4.78 is 2.48. The van der Waals surface area contributed by atoms with E-state index in [9.17, 15) is 4.79 Å². The van der Waals surface area contributed by atoms with Crippen molar-refractivity contribution in [2.24, 2.45) is 5.73 Å². The molecule has 2 rings (SSSR count). The third-order valence-corrected chi connectivity index (χ3v) is 6.04. The Morgan fingerprint density at radius 1 is 1.35 bits per heavy atom. The molecule has 1 saturated heterocycles. The summed E-state index contributed by atoms with van der Waals surface area (Å²) in [5.74, 6) is 5.47. The van der Waals surface area contributed by atoms with Crippen molar-refractivity contribution >= 4 is 22.6 Å². The molecule has 1 heterocycles. The SMILES string of the molecule is C=S(CCCNC)N1CCC(N(C(N)=O)C2CC2)CC1. The molecule has 0 bridgehead atoms. The van der Waals surface area contributed by atoms with E-state index in [4.69, 9.17) is 5.73 Å². The molecule has 0 aromatic carbocycles. The molecule has 6 heteroatoms. The van der Waals surface area contributed by atoms with Crippen LogP contribution in [0.25, 0.3) is 0 Å². The van der Waals surface area contributed by atoms with Gasteiger partial charge in [-0.05, 0) is 45.7 Å². The number of nitrogens with zero attached hydrogens (tertiary/aromatic N) is 2. The van der Waals surface area contributed by atoms with Crippen molar-refractivity contribution in [2.75, 3.05) is 32.4 Å². The first kappa shape index (κ1) is 15.8. The Hall–Kier alpha value is -0.590. The van der Waals surface area contributed by atoms with Crippen LogP contribution in [0.2, 0.25) is 0 Å². The molecular formula is C14H28N4OS. The summed E-state index contributed by atoms with van der Waals surface area (Å²) in [5.41, 5.74) is 5.54. The number of rotatable bonds is 7. The first-order valence-corrected chi connectivity index (χ1v) is 9.13. The van der Waals surface area contributed by atoms with Crippen LogP contribution in [0.1, 0.15) is 32.1 Å². The molecule has 2 fully saturated rings. The molecule has 1 unspecified atom stereocenters. The minimum absolute atomic E-state index is 0.117. The maximum atomic E-state index is 11.6. The third-order valence-electron chi connectivity index (χ3n) is 4.18. The second kappa shape index (κ2) is 7.43. The van der Waals surface area contributed by atoms with Gasteiger partial charge in [-0.3, -0.25) is 4.31 Å². The summed E-state index contributed by atoms with van der Waals surface area (Å²) >= 11 is 0. The minimum Gasteiger partial charge on any atom is -0.351 e. The monoisotopic (exact) mass is 300 g/mol. The summed E-state index contributed by atoms with van der Waals surface area (Å²) in [6.45, 7) is 3.16. The van der Waals surface area contributed by atoms with Crippen molar-refractivity contribution in [1.82, 2.24) is 14.5 Å². The van der Waals surface area contributed by atoms with Gasteiger partial charge in [-0.1, -0.05) is 5.87 Å². The predicted octanol–water partition coefficient (Wildman–Crippen LogP) is 1.22. The Morgan fingerprint density at radius 3 is 2.45 bits per heavy atom. The van der Waals surface area contributed by atoms with Crippen molar-refractivity contribution in [2.45, 2.75) is 44.2 Å². The largest absolute Gasteiger partial charge is 0.351 e. The van der Waals surface area contributed by atoms with Crippen LogP contribution < -0.4 is 11.1 Å². The van der Waals surface area contributed by atoms with Gasteiger partial charge in [0.05, 0.1) is 0 Å². The summed E-state index contributed by atoms with van der Waals surface area (Å²) in [4.78, 5) is 13.5. The van der Waals surface area contributed by atoms with Crippen molar-refractivity contribution in [3.8, 4) is 0 Å². The lowest BCUT2D eigenvalue weighted by atomic mass is 10.1. The van der Waals surface area contributed by atoms with Crippen LogP contribution in [0, 0.1) is 0 Å². The lowest BCUT2D eigenvalue weighted by Crippen LogP contribution is -2.49. The molecule has 20 heavy (non-hydrogen) atoms. The second-order valence-electron chi connectivity index (χ2n) is 5.76. The van der Waals surface area contributed by atoms with Crippen molar-refractivity contribution < 1.29 is 4.79 Å². The molecule has 5 nitrogen and oxygen atoms in total. The number of carbonyl (C=O) groups is 1. The molecule has 0 radical (unpaired) electrons. The number of urea groups is 1. The van der Waals surface area contributed by atoms with Gasteiger partial charge in [-0.2, -0.15) is 0 Å².